The third-order valence-electron chi connectivity index (χ3n) is 3.96. The average Bonchev–Trinajstić information content (AvgIpc) is 2.55. The van der Waals surface area contributed by atoms with Crippen LogP contribution in [-0.4, -0.2) is 5.11 Å². The van der Waals surface area contributed by atoms with Crippen LogP contribution in [0.3, 0.4) is 0 Å². The van der Waals surface area contributed by atoms with Crippen LogP contribution in [0.25, 0.3) is 11.8 Å². The van der Waals surface area contributed by atoms with Crippen LogP contribution in [0.4, 0.5) is 5.69 Å². The second-order valence-corrected chi connectivity index (χ2v) is 5.40. The van der Waals surface area contributed by atoms with Crippen LogP contribution in [0.2, 0.25) is 0 Å². The number of para-hydroxylation sites is 1. The molecule has 0 fully saturated rings. The molecule has 0 atom stereocenters. The summed E-state index contributed by atoms with van der Waals surface area (Å²) in [6, 6.07) is 16.1. The molecular weight excluding hydrogens is 270 g/mol. The molecule has 1 N–H and O–H groups in total. The number of anilines is 1. The van der Waals surface area contributed by atoms with E-state index in [1.54, 1.807) is 6.07 Å². The highest BCUT2D eigenvalue weighted by molar-refractivity contribution is 5.93. The molecule has 0 aliphatic carbocycles. The first-order valence-electron chi connectivity index (χ1n) is 7.84. The second-order valence-electron chi connectivity index (χ2n) is 5.40. The summed E-state index contributed by atoms with van der Waals surface area (Å²) in [5.74, 6) is 0.338. The molecule has 2 heteroatoms. The Morgan fingerprint density at radius 2 is 1.77 bits per heavy atom. The SMILES string of the molecule is CC/C=C1\c2c(O)cccc2C=C(CC)N1c1ccccc1. The normalized spacial score (nSPS) is 15.6. The third kappa shape index (κ3) is 2.41. The molecule has 0 saturated carbocycles. The van der Waals surface area contributed by atoms with Crippen molar-refractivity contribution in [1.29, 1.82) is 0 Å². The molecule has 0 spiro atoms. The summed E-state index contributed by atoms with van der Waals surface area (Å²) in [7, 11) is 0. The molecule has 0 unspecified atom stereocenters. The zero-order valence-electron chi connectivity index (χ0n) is 13.1. The topological polar surface area (TPSA) is 23.5 Å². The Labute approximate surface area is 132 Å². The summed E-state index contributed by atoms with van der Waals surface area (Å²) < 4.78 is 0. The van der Waals surface area contributed by atoms with Gasteiger partial charge in [0, 0.05) is 16.9 Å². The van der Waals surface area contributed by atoms with Gasteiger partial charge in [0.15, 0.2) is 0 Å². The van der Waals surface area contributed by atoms with Crippen molar-refractivity contribution < 1.29 is 5.11 Å². The average molecular weight is 291 g/mol. The first kappa shape index (κ1) is 14.5. The first-order chi connectivity index (χ1) is 10.8. The molecule has 22 heavy (non-hydrogen) atoms. The molecule has 2 aromatic rings. The molecule has 0 radical (unpaired) electrons. The molecule has 0 bridgehead atoms. The summed E-state index contributed by atoms with van der Waals surface area (Å²) >= 11 is 0. The van der Waals surface area contributed by atoms with Gasteiger partial charge in [-0.05, 0) is 42.7 Å². The van der Waals surface area contributed by atoms with E-state index in [-0.39, 0.29) is 0 Å². The number of allylic oxidation sites excluding steroid dienone is 2. The summed E-state index contributed by atoms with van der Waals surface area (Å²) in [4.78, 5) is 2.26. The van der Waals surface area contributed by atoms with Gasteiger partial charge in [-0.2, -0.15) is 0 Å². The molecular formula is C20H21NO. The second kappa shape index (κ2) is 6.10. The molecule has 0 aromatic heterocycles. The van der Waals surface area contributed by atoms with E-state index in [1.807, 2.05) is 24.3 Å². The lowest BCUT2D eigenvalue weighted by Gasteiger charge is -2.34. The van der Waals surface area contributed by atoms with Gasteiger partial charge >= 0.3 is 0 Å². The van der Waals surface area contributed by atoms with Crippen molar-refractivity contribution in [2.24, 2.45) is 0 Å². The Kier molecular flexibility index (Phi) is 4.01. The molecule has 1 aliphatic rings. The largest absolute Gasteiger partial charge is 0.507 e. The van der Waals surface area contributed by atoms with Crippen molar-refractivity contribution >= 4 is 17.5 Å². The maximum Gasteiger partial charge on any atom is 0.125 e. The lowest BCUT2D eigenvalue weighted by atomic mass is 9.94. The standard InChI is InChI=1S/C20H21NO/c1-3-9-18-20-15(10-8-13-19(20)22)14-16(4-2)21(18)17-11-6-5-7-12-17/h5-14,22H,3-4H2,1-2H3/b18-9+. The molecule has 112 valence electrons. The van der Waals surface area contributed by atoms with Gasteiger partial charge in [0.1, 0.15) is 5.75 Å². The van der Waals surface area contributed by atoms with Crippen LogP contribution in [0.1, 0.15) is 37.8 Å². The van der Waals surface area contributed by atoms with Gasteiger partial charge in [-0.3, -0.25) is 0 Å². The Morgan fingerprint density at radius 1 is 1.00 bits per heavy atom. The van der Waals surface area contributed by atoms with Crippen molar-refractivity contribution in [2.75, 3.05) is 4.90 Å². The van der Waals surface area contributed by atoms with Crippen LogP contribution in [0.5, 0.6) is 5.75 Å². The van der Waals surface area contributed by atoms with Crippen molar-refractivity contribution in [1.82, 2.24) is 0 Å². The monoisotopic (exact) mass is 291 g/mol. The van der Waals surface area contributed by atoms with Crippen molar-refractivity contribution in [2.45, 2.75) is 26.7 Å². The maximum atomic E-state index is 10.4. The predicted molar refractivity (Wildman–Crippen MR) is 93.6 cm³/mol. The number of rotatable bonds is 3. The van der Waals surface area contributed by atoms with E-state index in [2.05, 4.69) is 49.1 Å². The van der Waals surface area contributed by atoms with Crippen molar-refractivity contribution in [3.63, 3.8) is 0 Å². The number of benzene rings is 2. The smallest absolute Gasteiger partial charge is 0.125 e. The fraction of sp³-hybridized carbons (Fsp3) is 0.200. The minimum atomic E-state index is 0.338. The third-order valence-corrected chi connectivity index (χ3v) is 3.96. The highest BCUT2D eigenvalue weighted by Gasteiger charge is 2.25. The van der Waals surface area contributed by atoms with Crippen LogP contribution in [0, 0.1) is 0 Å². The van der Waals surface area contributed by atoms with Crippen molar-refractivity contribution in [3.05, 3.63) is 71.4 Å². The van der Waals surface area contributed by atoms with Gasteiger partial charge < -0.3 is 10.0 Å². The van der Waals surface area contributed by atoms with E-state index in [1.165, 1.54) is 5.70 Å². The number of hydrogen-bond donors (Lipinski definition) is 1. The minimum Gasteiger partial charge on any atom is -0.507 e. The predicted octanol–water partition coefficient (Wildman–Crippen LogP) is 5.41. The van der Waals surface area contributed by atoms with Crippen LogP contribution >= 0.6 is 0 Å². The van der Waals surface area contributed by atoms with Gasteiger partial charge in [0.05, 0.1) is 5.70 Å². The van der Waals surface area contributed by atoms with E-state index >= 15 is 0 Å². The zero-order chi connectivity index (χ0) is 15.5. The van der Waals surface area contributed by atoms with E-state index in [4.69, 9.17) is 0 Å². The summed E-state index contributed by atoms with van der Waals surface area (Å²) in [6.07, 6.45) is 6.22. The van der Waals surface area contributed by atoms with Crippen LogP contribution < -0.4 is 4.90 Å². The zero-order valence-corrected chi connectivity index (χ0v) is 13.1. The Balaban J connectivity index is 2.25. The minimum absolute atomic E-state index is 0.338. The quantitative estimate of drug-likeness (QED) is 0.816. The number of aromatic hydroxyl groups is 1. The molecule has 0 amide bonds. The molecule has 1 heterocycles. The molecule has 0 saturated heterocycles. The van der Waals surface area contributed by atoms with Gasteiger partial charge in [0.2, 0.25) is 0 Å². The molecule has 1 aliphatic heterocycles. The summed E-state index contributed by atoms with van der Waals surface area (Å²) in [6.45, 7) is 4.29. The Bertz CT molecular complexity index is 729. The summed E-state index contributed by atoms with van der Waals surface area (Å²) in [5.41, 5.74) is 5.45. The van der Waals surface area contributed by atoms with E-state index in [0.717, 1.165) is 35.4 Å². The fourth-order valence-electron chi connectivity index (χ4n) is 3.00. The number of nitrogens with zero attached hydrogens (tertiary/aromatic N) is 1. The Hall–Kier alpha value is -2.48. The highest BCUT2D eigenvalue weighted by atomic mass is 16.3. The number of hydrogen-bond acceptors (Lipinski definition) is 2. The van der Waals surface area contributed by atoms with E-state index < -0.39 is 0 Å². The van der Waals surface area contributed by atoms with Gasteiger partial charge in [0.25, 0.3) is 0 Å². The molecule has 2 aromatic carbocycles. The van der Waals surface area contributed by atoms with Gasteiger partial charge in [-0.15, -0.1) is 0 Å². The highest BCUT2D eigenvalue weighted by Crippen LogP contribution is 2.42. The maximum absolute atomic E-state index is 10.4. The lowest BCUT2D eigenvalue weighted by Crippen LogP contribution is -2.24. The van der Waals surface area contributed by atoms with E-state index in [0.29, 0.717) is 5.75 Å². The lowest BCUT2D eigenvalue weighted by molar-refractivity contribution is 0.473. The molecule has 2 nitrogen and oxygen atoms in total. The summed E-state index contributed by atoms with van der Waals surface area (Å²) in [5, 5.41) is 10.4. The van der Waals surface area contributed by atoms with E-state index in [9.17, 15) is 5.11 Å². The Morgan fingerprint density at radius 3 is 2.45 bits per heavy atom. The van der Waals surface area contributed by atoms with Crippen LogP contribution in [0.15, 0.2) is 60.3 Å². The first-order valence-corrected chi connectivity index (χ1v) is 7.84. The van der Waals surface area contributed by atoms with Crippen molar-refractivity contribution in [3.8, 4) is 5.75 Å². The van der Waals surface area contributed by atoms with Crippen LogP contribution in [-0.2, 0) is 0 Å². The van der Waals surface area contributed by atoms with Gasteiger partial charge in [-0.25, -0.2) is 0 Å². The number of fused-ring (bicyclic) bond motifs is 1. The molecule has 3 rings (SSSR count). The number of phenolic OH excluding ortho intramolecular Hbond substituents is 1. The fourth-order valence-corrected chi connectivity index (χ4v) is 3.00. The number of phenols is 1. The van der Waals surface area contributed by atoms with Gasteiger partial charge in [-0.1, -0.05) is 50.3 Å².